The Kier molecular flexibility index (Phi) is 4.81. The maximum atomic E-state index is 12.4. The van der Waals surface area contributed by atoms with Gasteiger partial charge in [0.25, 0.3) is 0 Å². The fourth-order valence-corrected chi connectivity index (χ4v) is 3.98. The first-order chi connectivity index (χ1) is 8.68. The molecule has 1 aromatic heterocycles. The number of nitrogens with one attached hydrogen (secondary N) is 1. The van der Waals surface area contributed by atoms with E-state index in [4.69, 9.17) is 5.73 Å². The summed E-state index contributed by atoms with van der Waals surface area (Å²) in [6, 6.07) is 2.01. The molecule has 0 saturated heterocycles. The van der Waals surface area contributed by atoms with Crippen LogP contribution in [0, 0.1) is 5.41 Å². The Hall–Kier alpha value is -0.390. The largest absolute Gasteiger partial charge is 0.351 e. The van der Waals surface area contributed by atoms with Gasteiger partial charge in [-0.1, -0.05) is 19.3 Å². The highest BCUT2D eigenvalue weighted by atomic mass is 79.9. The van der Waals surface area contributed by atoms with Crippen molar-refractivity contribution in [1.29, 1.82) is 0 Å². The molecule has 2 rings (SSSR count). The normalized spacial score (nSPS) is 18.6. The monoisotopic (exact) mass is 330 g/mol. The summed E-state index contributed by atoms with van der Waals surface area (Å²) in [6.07, 6.45) is 5.33. The van der Waals surface area contributed by atoms with E-state index in [1.807, 2.05) is 11.4 Å². The fraction of sp³-hybridized carbons (Fsp3) is 0.615. The zero-order chi connectivity index (χ0) is 13.0. The number of halogens is 1. The van der Waals surface area contributed by atoms with Gasteiger partial charge < -0.3 is 11.1 Å². The quantitative estimate of drug-likeness (QED) is 0.891. The minimum Gasteiger partial charge on any atom is -0.351 e. The zero-order valence-corrected chi connectivity index (χ0v) is 12.8. The summed E-state index contributed by atoms with van der Waals surface area (Å²) in [7, 11) is 0. The molecule has 3 N–H and O–H groups in total. The van der Waals surface area contributed by atoms with Crippen LogP contribution in [0.15, 0.2) is 15.9 Å². The summed E-state index contributed by atoms with van der Waals surface area (Å²) < 4.78 is 1.07. The predicted octanol–water partition coefficient (Wildman–Crippen LogP) is 3.04. The number of hydrogen-bond acceptors (Lipinski definition) is 3. The second-order valence-electron chi connectivity index (χ2n) is 4.92. The van der Waals surface area contributed by atoms with E-state index in [-0.39, 0.29) is 11.3 Å². The van der Waals surface area contributed by atoms with Gasteiger partial charge in [-0.15, -0.1) is 11.3 Å². The van der Waals surface area contributed by atoms with Crippen molar-refractivity contribution < 1.29 is 4.79 Å². The Morgan fingerprint density at radius 1 is 1.44 bits per heavy atom. The van der Waals surface area contributed by atoms with E-state index >= 15 is 0 Å². The van der Waals surface area contributed by atoms with Gasteiger partial charge in [-0.2, -0.15) is 0 Å². The minimum atomic E-state index is -0.317. The number of thiophene rings is 1. The van der Waals surface area contributed by atoms with E-state index in [0.29, 0.717) is 13.1 Å². The predicted molar refractivity (Wildman–Crippen MR) is 78.4 cm³/mol. The lowest BCUT2D eigenvalue weighted by Gasteiger charge is -2.34. The smallest absolute Gasteiger partial charge is 0.227 e. The molecule has 1 aromatic rings. The lowest BCUT2D eigenvalue weighted by atomic mass is 9.73. The molecule has 0 atom stereocenters. The van der Waals surface area contributed by atoms with Crippen molar-refractivity contribution in [2.45, 2.75) is 38.6 Å². The van der Waals surface area contributed by atoms with Crippen molar-refractivity contribution in [2.24, 2.45) is 11.1 Å². The highest BCUT2D eigenvalue weighted by Crippen LogP contribution is 2.35. The van der Waals surface area contributed by atoms with Crippen molar-refractivity contribution >= 4 is 33.2 Å². The summed E-state index contributed by atoms with van der Waals surface area (Å²) in [5, 5.41) is 5.07. The van der Waals surface area contributed by atoms with E-state index < -0.39 is 0 Å². The number of nitrogens with two attached hydrogens (primary N) is 1. The van der Waals surface area contributed by atoms with Gasteiger partial charge in [0.2, 0.25) is 5.91 Å². The Morgan fingerprint density at radius 2 is 2.17 bits per heavy atom. The first-order valence-corrected chi connectivity index (χ1v) is 8.05. The van der Waals surface area contributed by atoms with Crippen LogP contribution < -0.4 is 11.1 Å². The molecule has 1 aliphatic rings. The Bertz CT molecular complexity index is 413. The number of amides is 1. The van der Waals surface area contributed by atoms with Crippen molar-refractivity contribution in [3.8, 4) is 0 Å². The maximum absolute atomic E-state index is 12.4. The summed E-state index contributed by atoms with van der Waals surface area (Å²) in [5.74, 6) is 0.130. The van der Waals surface area contributed by atoms with Gasteiger partial charge in [-0.25, -0.2) is 0 Å². The molecule has 0 aliphatic heterocycles. The summed E-state index contributed by atoms with van der Waals surface area (Å²) >= 11 is 5.13. The van der Waals surface area contributed by atoms with E-state index in [1.165, 1.54) is 6.42 Å². The zero-order valence-electron chi connectivity index (χ0n) is 10.4. The van der Waals surface area contributed by atoms with Gasteiger partial charge in [-0.05, 0) is 40.2 Å². The van der Waals surface area contributed by atoms with E-state index in [9.17, 15) is 4.79 Å². The van der Waals surface area contributed by atoms with Crippen molar-refractivity contribution in [1.82, 2.24) is 5.32 Å². The summed E-state index contributed by atoms with van der Waals surface area (Å²) in [6.45, 7) is 1.06. The van der Waals surface area contributed by atoms with Crippen molar-refractivity contribution in [3.05, 3.63) is 20.8 Å². The topological polar surface area (TPSA) is 55.1 Å². The third kappa shape index (κ3) is 2.95. The molecule has 1 saturated carbocycles. The average Bonchev–Trinajstić information content (AvgIpc) is 2.82. The molecule has 5 heteroatoms. The number of hydrogen-bond donors (Lipinski definition) is 2. The first-order valence-electron chi connectivity index (χ1n) is 6.38. The van der Waals surface area contributed by atoms with Crippen LogP contribution in [-0.2, 0) is 11.3 Å². The molecule has 1 amide bonds. The molecule has 0 spiro atoms. The third-order valence-corrected chi connectivity index (χ3v) is 5.71. The SMILES string of the molecule is NCC1(C(=O)NCc2sccc2Br)CCCCC1. The lowest BCUT2D eigenvalue weighted by molar-refractivity contribution is -0.132. The molecule has 0 bridgehead atoms. The van der Waals surface area contributed by atoms with Gasteiger partial charge >= 0.3 is 0 Å². The molecule has 1 fully saturated rings. The Labute approximate surface area is 120 Å². The summed E-state index contributed by atoms with van der Waals surface area (Å²) in [5.41, 5.74) is 5.53. The highest BCUT2D eigenvalue weighted by molar-refractivity contribution is 9.10. The molecular formula is C13H19BrN2OS. The fourth-order valence-electron chi connectivity index (χ4n) is 2.55. The van der Waals surface area contributed by atoms with Gasteiger partial charge in [0.05, 0.1) is 12.0 Å². The average molecular weight is 331 g/mol. The molecule has 1 heterocycles. The van der Waals surface area contributed by atoms with Crippen LogP contribution in [-0.4, -0.2) is 12.5 Å². The van der Waals surface area contributed by atoms with Gasteiger partial charge in [0.1, 0.15) is 0 Å². The molecule has 0 unspecified atom stereocenters. The van der Waals surface area contributed by atoms with Crippen LogP contribution in [0.5, 0.6) is 0 Å². The molecule has 0 aromatic carbocycles. The van der Waals surface area contributed by atoms with Crippen molar-refractivity contribution in [3.63, 3.8) is 0 Å². The van der Waals surface area contributed by atoms with E-state index in [2.05, 4.69) is 21.2 Å². The van der Waals surface area contributed by atoms with Gasteiger partial charge in [0.15, 0.2) is 0 Å². The van der Waals surface area contributed by atoms with E-state index in [0.717, 1.165) is 35.0 Å². The number of carbonyl (C=O) groups excluding carboxylic acids is 1. The number of rotatable bonds is 4. The lowest BCUT2D eigenvalue weighted by Crippen LogP contribution is -2.46. The standard InChI is InChI=1S/C13H19BrN2OS/c14-10-4-7-18-11(10)8-16-12(17)13(9-15)5-2-1-3-6-13/h4,7H,1-3,5-6,8-9,15H2,(H,16,17). The van der Waals surface area contributed by atoms with Crippen LogP contribution in [0.1, 0.15) is 37.0 Å². The summed E-state index contributed by atoms with van der Waals surface area (Å²) in [4.78, 5) is 13.5. The van der Waals surface area contributed by atoms with Gasteiger partial charge in [-0.3, -0.25) is 4.79 Å². The third-order valence-electron chi connectivity index (χ3n) is 3.78. The van der Waals surface area contributed by atoms with Crippen LogP contribution in [0.3, 0.4) is 0 Å². The van der Waals surface area contributed by atoms with E-state index in [1.54, 1.807) is 11.3 Å². The molecule has 100 valence electrons. The maximum Gasteiger partial charge on any atom is 0.227 e. The Morgan fingerprint density at radius 3 is 2.72 bits per heavy atom. The molecule has 18 heavy (non-hydrogen) atoms. The molecule has 1 aliphatic carbocycles. The van der Waals surface area contributed by atoms with Gasteiger partial charge in [0, 0.05) is 15.9 Å². The molecule has 0 radical (unpaired) electrons. The van der Waals surface area contributed by atoms with Crippen molar-refractivity contribution in [2.75, 3.05) is 6.54 Å². The highest BCUT2D eigenvalue weighted by Gasteiger charge is 2.37. The Balaban J connectivity index is 1.96. The second kappa shape index (κ2) is 6.17. The molecular weight excluding hydrogens is 312 g/mol. The second-order valence-corrected chi connectivity index (χ2v) is 6.77. The van der Waals surface area contributed by atoms with Crippen LogP contribution in [0.2, 0.25) is 0 Å². The van der Waals surface area contributed by atoms with Crippen LogP contribution in [0.4, 0.5) is 0 Å². The minimum absolute atomic E-state index is 0.130. The first kappa shape index (κ1) is 14.0. The van der Waals surface area contributed by atoms with Crippen LogP contribution in [0.25, 0.3) is 0 Å². The van der Waals surface area contributed by atoms with Crippen LogP contribution >= 0.6 is 27.3 Å². The number of carbonyl (C=O) groups is 1. The molecule has 3 nitrogen and oxygen atoms in total.